The third-order valence-electron chi connectivity index (χ3n) is 3.83. The van der Waals surface area contributed by atoms with Crippen molar-refractivity contribution in [2.45, 2.75) is 17.8 Å². The molecule has 1 aromatic heterocycles. The summed E-state index contributed by atoms with van der Waals surface area (Å²) in [4.78, 5) is 11.6. The van der Waals surface area contributed by atoms with Gasteiger partial charge in [-0.05, 0) is 30.7 Å². The molecule has 0 atom stereocenters. The molecule has 0 aliphatic heterocycles. The standard InChI is InChI=1S/C19H19N3O2S/c1-13-6-4-8-15(10-13)17-20-21-19(22(17)2)25-12-14-7-5-9-16(11-14)18(23)24-3/h4-11H,12H2,1-3H3. The number of nitrogens with zero attached hydrogens (tertiary/aromatic N) is 3. The Morgan fingerprint density at radius 1 is 1.16 bits per heavy atom. The van der Waals surface area contributed by atoms with Gasteiger partial charge in [0.25, 0.3) is 0 Å². The second-order valence-electron chi connectivity index (χ2n) is 5.72. The molecular weight excluding hydrogens is 334 g/mol. The molecule has 128 valence electrons. The van der Waals surface area contributed by atoms with Crippen molar-refractivity contribution in [2.75, 3.05) is 7.11 Å². The Morgan fingerprint density at radius 3 is 2.72 bits per heavy atom. The zero-order valence-corrected chi connectivity index (χ0v) is 15.2. The van der Waals surface area contributed by atoms with Gasteiger partial charge in [0.15, 0.2) is 11.0 Å². The van der Waals surface area contributed by atoms with Gasteiger partial charge < -0.3 is 9.30 Å². The fraction of sp³-hybridized carbons (Fsp3) is 0.211. The number of methoxy groups -OCH3 is 1. The van der Waals surface area contributed by atoms with Gasteiger partial charge in [-0.15, -0.1) is 10.2 Å². The Kier molecular flexibility index (Phi) is 5.19. The zero-order valence-electron chi connectivity index (χ0n) is 14.4. The number of rotatable bonds is 5. The third kappa shape index (κ3) is 3.91. The molecule has 0 aliphatic rings. The quantitative estimate of drug-likeness (QED) is 0.515. The van der Waals surface area contributed by atoms with Gasteiger partial charge in [-0.1, -0.05) is 47.7 Å². The lowest BCUT2D eigenvalue weighted by atomic mass is 10.1. The summed E-state index contributed by atoms with van der Waals surface area (Å²) in [6.07, 6.45) is 0. The highest BCUT2D eigenvalue weighted by Crippen LogP contribution is 2.26. The minimum atomic E-state index is -0.327. The van der Waals surface area contributed by atoms with Gasteiger partial charge >= 0.3 is 5.97 Å². The average molecular weight is 353 g/mol. The number of hydrogen-bond acceptors (Lipinski definition) is 5. The largest absolute Gasteiger partial charge is 0.465 e. The number of carbonyl (C=O) groups excluding carboxylic acids is 1. The summed E-state index contributed by atoms with van der Waals surface area (Å²) < 4.78 is 6.75. The Bertz CT molecular complexity index is 905. The Morgan fingerprint density at radius 2 is 1.96 bits per heavy atom. The molecule has 1 heterocycles. The molecule has 0 N–H and O–H groups in total. The number of carbonyl (C=O) groups is 1. The van der Waals surface area contributed by atoms with Gasteiger partial charge in [-0.2, -0.15) is 0 Å². The summed E-state index contributed by atoms with van der Waals surface area (Å²) in [5.41, 5.74) is 3.83. The molecule has 0 fully saturated rings. The van der Waals surface area contributed by atoms with Crippen LogP contribution in [0.5, 0.6) is 0 Å². The van der Waals surface area contributed by atoms with Crippen molar-refractivity contribution in [3.8, 4) is 11.4 Å². The van der Waals surface area contributed by atoms with Gasteiger partial charge in [-0.25, -0.2) is 4.79 Å². The van der Waals surface area contributed by atoms with Crippen LogP contribution in [0, 0.1) is 6.92 Å². The van der Waals surface area contributed by atoms with E-state index >= 15 is 0 Å². The van der Waals surface area contributed by atoms with Crippen molar-refractivity contribution in [2.24, 2.45) is 7.05 Å². The van der Waals surface area contributed by atoms with Gasteiger partial charge in [-0.3, -0.25) is 0 Å². The topological polar surface area (TPSA) is 57.0 Å². The first-order chi connectivity index (χ1) is 12.1. The molecule has 0 radical (unpaired) electrons. The predicted octanol–water partition coefficient (Wildman–Crippen LogP) is 3.87. The number of hydrogen-bond donors (Lipinski definition) is 0. The van der Waals surface area contributed by atoms with Gasteiger partial charge in [0.1, 0.15) is 0 Å². The lowest BCUT2D eigenvalue weighted by molar-refractivity contribution is 0.0600. The molecule has 3 aromatic rings. The van der Waals surface area contributed by atoms with Crippen molar-refractivity contribution >= 4 is 17.7 Å². The SMILES string of the molecule is COC(=O)c1cccc(CSc2nnc(-c3cccc(C)c3)n2C)c1. The highest BCUT2D eigenvalue weighted by molar-refractivity contribution is 7.98. The second-order valence-corrected chi connectivity index (χ2v) is 6.66. The molecule has 25 heavy (non-hydrogen) atoms. The molecule has 5 nitrogen and oxygen atoms in total. The molecule has 0 aliphatic carbocycles. The molecule has 3 rings (SSSR count). The van der Waals surface area contributed by atoms with Crippen LogP contribution in [0.3, 0.4) is 0 Å². The van der Waals surface area contributed by atoms with E-state index in [2.05, 4.69) is 29.3 Å². The van der Waals surface area contributed by atoms with E-state index in [0.717, 1.165) is 22.1 Å². The summed E-state index contributed by atoms with van der Waals surface area (Å²) in [5.74, 6) is 1.21. The molecule has 6 heteroatoms. The number of thioether (sulfide) groups is 1. The smallest absolute Gasteiger partial charge is 0.337 e. The van der Waals surface area contributed by atoms with E-state index in [1.807, 2.05) is 41.9 Å². The van der Waals surface area contributed by atoms with E-state index in [1.54, 1.807) is 17.8 Å². The molecule has 0 amide bonds. The van der Waals surface area contributed by atoms with E-state index in [1.165, 1.54) is 12.7 Å². The summed E-state index contributed by atoms with van der Waals surface area (Å²) in [6.45, 7) is 2.06. The third-order valence-corrected chi connectivity index (χ3v) is 4.92. The molecule has 0 saturated carbocycles. The van der Waals surface area contributed by atoms with E-state index in [4.69, 9.17) is 4.74 Å². The first kappa shape index (κ1) is 17.2. The molecule has 0 unspecified atom stereocenters. The van der Waals surface area contributed by atoms with Crippen LogP contribution in [0.1, 0.15) is 21.5 Å². The number of ether oxygens (including phenoxy) is 1. The average Bonchev–Trinajstić information content (AvgIpc) is 3.00. The van der Waals surface area contributed by atoms with E-state index in [9.17, 15) is 4.79 Å². The number of aromatic nitrogens is 3. The minimum absolute atomic E-state index is 0.327. The summed E-state index contributed by atoms with van der Waals surface area (Å²) in [5, 5.41) is 9.44. The van der Waals surface area contributed by atoms with E-state index in [-0.39, 0.29) is 5.97 Å². The first-order valence-electron chi connectivity index (χ1n) is 7.85. The normalized spacial score (nSPS) is 10.7. The molecule has 0 bridgehead atoms. The van der Waals surface area contributed by atoms with Crippen LogP contribution in [0.15, 0.2) is 53.7 Å². The highest BCUT2D eigenvalue weighted by Gasteiger charge is 2.12. The van der Waals surface area contributed by atoms with Crippen molar-refractivity contribution in [3.63, 3.8) is 0 Å². The Balaban J connectivity index is 1.76. The zero-order chi connectivity index (χ0) is 17.8. The lowest BCUT2D eigenvalue weighted by Crippen LogP contribution is -2.01. The summed E-state index contributed by atoms with van der Waals surface area (Å²) in [7, 11) is 3.35. The maximum atomic E-state index is 11.6. The number of benzene rings is 2. The van der Waals surface area contributed by atoms with Crippen LogP contribution in [0.25, 0.3) is 11.4 Å². The van der Waals surface area contributed by atoms with Crippen LogP contribution in [0.2, 0.25) is 0 Å². The van der Waals surface area contributed by atoms with Crippen molar-refractivity contribution in [3.05, 3.63) is 65.2 Å². The molecular formula is C19H19N3O2S. The monoisotopic (exact) mass is 353 g/mol. The number of aryl methyl sites for hydroxylation is 1. The van der Waals surface area contributed by atoms with Crippen molar-refractivity contribution in [1.29, 1.82) is 0 Å². The molecule has 0 spiro atoms. The van der Waals surface area contributed by atoms with Crippen LogP contribution < -0.4 is 0 Å². The minimum Gasteiger partial charge on any atom is -0.465 e. The van der Waals surface area contributed by atoms with Crippen molar-refractivity contribution in [1.82, 2.24) is 14.8 Å². The predicted molar refractivity (Wildman–Crippen MR) is 98.5 cm³/mol. The van der Waals surface area contributed by atoms with Crippen LogP contribution in [0.4, 0.5) is 0 Å². The highest BCUT2D eigenvalue weighted by atomic mass is 32.2. The maximum Gasteiger partial charge on any atom is 0.337 e. The van der Waals surface area contributed by atoms with E-state index in [0.29, 0.717) is 11.3 Å². The van der Waals surface area contributed by atoms with Crippen LogP contribution in [-0.4, -0.2) is 27.8 Å². The van der Waals surface area contributed by atoms with Crippen LogP contribution in [-0.2, 0) is 17.5 Å². The van der Waals surface area contributed by atoms with E-state index < -0.39 is 0 Å². The molecule has 2 aromatic carbocycles. The summed E-state index contributed by atoms with van der Waals surface area (Å²) >= 11 is 1.59. The number of esters is 1. The Labute approximate surface area is 151 Å². The van der Waals surface area contributed by atoms with Crippen LogP contribution >= 0.6 is 11.8 Å². The molecule has 0 saturated heterocycles. The second kappa shape index (κ2) is 7.53. The first-order valence-corrected chi connectivity index (χ1v) is 8.83. The fourth-order valence-corrected chi connectivity index (χ4v) is 3.38. The fourth-order valence-electron chi connectivity index (χ4n) is 2.53. The van der Waals surface area contributed by atoms with Gasteiger partial charge in [0, 0.05) is 18.4 Å². The lowest BCUT2D eigenvalue weighted by Gasteiger charge is -2.06. The van der Waals surface area contributed by atoms with Gasteiger partial charge in [0.2, 0.25) is 0 Å². The Hall–Kier alpha value is -2.60. The van der Waals surface area contributed by atoms with Crippen molar-refractivity contribution < 1.29 is 9.53 Å². The maximum absolute atomic E-state index is 11.6. The summed E-state index contributed by atoms with van der Waals surface area (Å²) in [6, 6.07) is 15.6. The van der Waals surface area contributed by atoms with Gasteiger partial charge in [0.05, 0.1) is 12.7 Å².